The number of fused-ring (bicyclic) bond motifs is 1. The molecule has 108 valence electrons. The Balaban J connectivity index is 1.86. The standard InChI is InChI=1S/C19H15NO2/c21-19-20-17(18(22-19)14-8-2-1-3-9-14)16-12-6-10-13-7-4-5-11-15(13)16/h1-11,18H,12H2,(H,20,21). The molecule has 1 atom stereocenters. The van der Waals surface area contributed by atoms with Gasteiger partial charge in [0.15, 0.2) is 6.10 Å². The van der Waals surface area contributed by atoms with Crippen molar-refractivity contribution in [2.75, 3.05) is 0 Å². The fraction of sp³-hybridized carbons (Fsp3) is 0.105. The van der Waals surface area contributed by atoms with Crippen LogP contribution in [0.1, 0.15) is 29.2 Å². The molecule has 2 aromatic rings. The summed E-state index contributed by atoms with van der Waals surface area (Å²) in [4.78, 5) is 11.8. The summed E-state index contributed by atoms with van der Waals surface area (Å²) < 4.78 is 5.50. The SMILES string of the molecule is O=C1NC(=C2CC=Cc3ccccc32)C(c2ccccc2)O1. The molecule has 22 heavy (non-hydrogen) atoms. The molecule has 1 aliphatic carbocycles. The van der Waals surface area contributed by atoms with Gasteiger partial charge < -0.3 is 4.74 Å². The minimum atomic E-state index is -0.386. The molecular weight excluding hydrogens is 274 g/mol. The molecular formula is C19H15NO2. The molecule has 2 aromatic carbocycles. The van der Waals surface area contributed by atoms with Crippen molar-refractivity contribution in [3.05, 3.63) is 83.1 Å². The zero-order chi connectivity index (χ0) is 14.9. The van der Waals surface area contributed by atoms with Gasteiger partial charge in [0.1, 0.15) is 0 Å². The normalized spacial score (nSPS) is 22.9. The first-order valence-corrected chi connectivity index (χ1v) is 7.34. The minimum absolute atomic E-state index is 0.358. The number of cyclic esters (lactones) is 1. The summed E-state index contributed by atoms with van der Waals surface area (Å²) in [6, 6.07) is 18.1. The number of benzene rings is 2. The second kappa shape index (κ2) is 5.19. The van der Waals surface area contributed by atoms with Gasteiger partial charge in [-0.1, -0.05) is 66.7 Å². The van der Waals surface area contributed by atoms with Crippen LogP contribution in [0, 0.1) is 0 Å². The first-order chi connectivity index (χ1) is 10.8. The lowest BCUT2D eigenvalue weighted by atomic mass is 9.89. The molecule has 2 aliphatic rings. The number of amides is 1. The Hall–Kier alpha value is -2.81. The lowest BCUT2D eigenvalue weighted by Gasteiger charge is -2.19. The summed E-state index contributed by atoms with van der Waals surface area (Å²) in [7, 11) is 0. The Kier molecular flexibility index (Phi) is 3.04. The zero-order valence-electron chi connectivity index (χ0n) is 12.0. The number of nitrogens with one attached hydrogen (secondary N) is 1. The van der Waals surface area contributed by atoms with Crippen molar-refractivity contribution in [2.24, 2.45) is 0 Å². The highest BCUT2D eigenvalue weighted by atomic mass is 16.6. The van der Waals surface area contributed by atoms with Crippen LogP contribution in [-0.4, -0.2) is 6.09 Å². The molecule has 0 saturated carbocycles. The van der Waals surface area contributed by atoms with Crippen molar-refractivity contribution in [2.45, 2.75) is 12.5 Å². The predicted molar refractivity (Wildman–Crippen MR) is 85.8 cm³/mol. The summed E-state index contributed by atoms with van der Waals surface area (Å²) in [5.74, 6) is 0. The van der Waals surface area contributed by atoms with E-state index in [1.165, 1.54) is 5.56 Å². The van der Waals surface area contributed by atoms with E-state index in [4.69, 9.17) is 4.74 Å². The molecule has 1 saturated heterocycles. The molecule has 0 aromatic heterocycles. The van der Waals surface area contributed by atoms with Crippen LogP contribution in [0.3, 0.4) is 0 Å². The monoisotopic (exact) mass is 289 g/mol. The predicted octanol–water partition coefficient (Wildman–Crippen LogP) is 4.30. The summed E-state index contributed by atoms with van der Waals surface area (Å²) in [5, 5.41) is 2.90. The number of carbonyl (C=O) groups excluding carboxylic acids is 1. The van der Waals surface area contributed by atoms with Crippen LogP contribution < -0.4 is 5.32 Å². The Bertz CT molecular complexity index is 790. The van der Waals surface area contributed by atoms with Crippen LogP contribution in [0.25, 0.3) is 11.6 Å². The van der Waals surface area contributed by atoms with Crippen molar-refractivity contribution < 1.29 is 9.53 Å². The molecule has 3 nitrogen and oxygen atoms in total. The van der Waals surface area contributed by atoms with E-state index in [-0.39, 0.29) is 12.2 Å². The number of hydrogen-bond acceptors (Lipinski definition) is 2. The van der Waals surface area contributed by atoms with Gasteiger partial charge in [-0.05, 0) is 28.7 Å². The third kappa shape index (κ3) is 2.11. The van der Waals surface area contributed by atoms with Crippen LogP contribution in [0.5, 0.6) is 0 Å². The van der Waals surface area contributed by atoms with E-state index in [0.717, 1.165) is 28.8 Å². The van der Waals surface area contributed by atoms with E-state index in [9.17, 15) is 4.79 Å². The molecule has 0 bridgehead atoms. The fourth-order valence-corrected chi connectivity index (χ4v) is 3.05. The van der Waals surface area contributed by atoms with Gasteiger partial charge in [0, 0.05) is 0 Å². The Morgan fingerprint density at radius 3 is 2.64 bits per heavy atom. The van der Waals surface area contributed by atoms with Gasteiger partial charge >= 0.3 is 6.09 Å². The van der Waals surface area contributed by atoms with Crippen LogP contribution in [0.2, 0.25) is 0 Å². The molecule has 1 aliphatic heterocycles. The van der Waals surface area contributed by atoms with Crippen molar-refractivity contribution >= 4 is 17.7 Å². The van der Waals surface area contributed by atoms with E-state index >= 15 is 0 Å². The van der Waals surface area contributed by atoms with Crippen molar-refractivity contribution in [1.82, 2.24) is 5.32 Å². The number of allylic oxidation sites excluding steroid dienone is 2. The van der Waals surface area contributed by atoms with Crippen molar-refractivity contribution in [1.29, 1.82) is 0 Å². The Morgan fingerprint density at radius 1 is 1.00 bits per heavy atom. The first kappa shape index (κ1) is 12.9. The molecule has 3 heteroatoms. The lowest BCUT2D eigenvalue weighted by Crippen LogP contribution is -2.14. The second-order valence-electron chi connectivity index (χ2n) is 5.41. The van der Waals surface area contributed by atoms with Crippen LogP contribution in [0.15, 0.2) is 66.4 Å². The molecule has 1 fully saturated rings. The molecule has 1 N–H and O–H groups in total. The van der Waals surface area contributed by atoms with Crippen LogP contribution in [0.4, 0.5) is 4.79 Å². The van der Waals surface area contributed by atoms with E-state index in [1.54, 1.807) is 0 Å². The molecule has 4 rings (SSSR count). The van der Waals surface area contributed by atoms with Gasteiger partial charge in [0.2, 0.25) is 0 Å². The van der Waals surface area contributed by atoms with E-state index in [1.807, 2.05) is 42.5 Å². The zero-order valence-corrected chi connectivity index (χ0v) is 12.0. The topological polar surface area (TPSA) is 38.3 Å². The Labute approximate surface area is 128 Å². The third-order valence-corrected chi connectivity index (χ3v) is 4.06. The largest absolute Gasteiger partial charge is 0.435 e. The van der Waals surface area contributed by atoms with E-state index in [2.05, 4.69) is 29.6 Å². The Morgan fingerprint density at radius 2 is 1.77 bits per heavy atom. The fourth-order valence-electron chi connectivity index (χ4n) is 3.05. The maximum Gasteiger partial charge on any atom is 0.412 e. The number of alkyl carbamates (subject to hydrolysis) is 1. The molecule has 1 heterocycles. The number of carbonyl (C=O) groups is 1. The molecule has 1 amide bonds. The van der Waals surface area contributed by atoms with Crippen molar-refractivity contribution in [3.63, 3.8) is 0 Å². The minimum Gasteiger partial charge on any atom is -0.435 e. The summed E-state index contributed by atoms with van der Waals surface area (Å²) in [5.41, 5.74) is 5.29. The van der Waals surface area contributed by atoms with Gasteiger partial charge in [0.25, 0.3) is 0 Å². The quantitative estimate of drug-likeness (QED) is 0.850. The van der Waals surface area contributed by atoms with Gasteiger partial charge in [-0.3, -0.25) is 5.32 Å². The van der Waals surface area contributed by atoms with Crippen molar-refractivity contribution in [3.8, 4) is 0 Å². The smallest absolute Gasteiger partial charge is 0.412 e. The highest BCUT2D eigenvalue weighted by Gasteiger charge is 2.33. The average Bonchev–Trinajstić information content (AvgIpc) is 2.97. The number of hydrogen-bond donors (Lipinski definition) is 1. The molecule has 1 unspecified atom stereocenters. The second-order valence-corrected chi connectivity index (χ2v) is 5.41. The third-order valence-electron chi connectivity index (χ3n) is 4.06. The van der Waals surface area contributed by atoms with E-state index in [0.29, 0.717) is 0 Å². The summed E-state index contributed by atoms with van der Waals surface area (Å²) in [6.45, 7) is 0. The highest BCUT2D eigenvalue weighted by Crippen LogP contribution is 2.38. The summed E-state index contributed by atoms with van der Waals surface area (Å²) in [6.07, 6.45) is 4.29. The maximum atomic E-state index is 11.8. The average molecular weight is 289 g/mol. The van der Waals surface area contributed by atoms with Crippen LogP contribution >= 0.6 is 0 Å². The highest BCUT2D eigenvalue weighted by molar-refractivity contribution is 5.86. The van der Waals surface area contributed by atoms with Crippen LogP contribution in [-0.2, 0) is 4.74 Å². The molecule has 0 radical (unpaired) electrons. The maximum absolute atomic E-state index is 11.8. The number of rotatable bonds is 1. The van der Waals surface area contributed by atoms with Gasteiger partial charge in [-0.15, -0.1) is 0 Å². The van der Waals surface area contributed by atoms with E-state index < -0.39 is 0 Å². The van der Waals surface area contributed by atoms with Gasteiger partial charge in [0.05, 0.1) is 5.70 Å². The first-order valence-electron chi connectivity index (χ1n) is 7.34. The lowest BCUT2D eigenvalue weighted by molar-refractivity contribution is 0.145. The molecule has 0 spiro atoms. The summed E-state index contributed by atoms with van der Waals surface area (Å²) >= 11 is 0. The van der Waals surface area contributed by atoms with Gasteiger partial charge in [-0.2, -0.15) is 0 Å². The number of ether oxygens (including phenoxy) is 1. The van der Waals surface area contributed by atoms with Gasteiger partial charge in [-0.25, -0.2) is 4.79 Å².